The lowest BCUT2D eigenvalue weighted by atomic mass is 10.1. The predicted molar refractivity (Wildman–Crippen MR) is 105 cm³/mol. The minimum Gasteiger partial charge on any atom is -0.505 e. The lowest BCUT2D eigenvalue weighted by molar-refractivity contribution is -0.137. The third-order valence-electron chi connectivity index (χ3n) is 4.24. The molecule has 1 heterocycles. The van der Waals surface area contributed by atoms with Gasteiger partial charge in [-0.1, -0.05) is 24.9 Å². The molecule has 2 aromatic carbocycles. The van der Waals surface area contributed by atoms with Crippen LogP contribution in [0.1, 0.15) is 35.8 Å². The monoisotopic (exact) mass is 439 g/mol. The van der Waals surface area contributed by atoms with Crippen molar-refractivity contribution in [3.8, 4) is 17.2 Å². The van der Waals surface area contributed by atoms with Crippen molar-refractivity contribution in [2.24, 2.45) is 0 Å². The number of hydrogen-bond donors (Lipinski definition) is 1. The molecule has 0 aliphatic carbocycles. The molecule has 0 saturated heterocycles. The number of ether oxygens (including phenoxy) is 2. The Bertz CT molecular complexity index is 1070. The molecule has 158 valence electrons. The van der Waals surface area contributed by atoms with E-state index in [1.807, 2.05) is 6.92 Å². The average molecular weight is 440 g/mol. The summed E-state index contributed by atoms with van der Waals surface area (Å²) in [6, 6.07) is 8.63. The van der Waals surface area contributed by atoms with E-state index in [2.05, 4.69) is 4.98 Å². The molecule has 3 rings (SSSR count). The average Bonchev–Trinajstić information content (AvgIpc) is 2.70. The van der Waals surface area contributed by atoms with Crippen LogP contribution in [0.4, 0.5) is 13.2 Å². The second-order valence-corrected chi connectivity index (χ2v) is 6.78. The van der Waals surface area contributed by atoms with Crippen LogP contribution in [0.15, 0.2) is 42.5 Å². The van der Waals surface area contributed by atoms with Crippen LogP contribution in [0.25, 0.3) is 10.8 Å². The summed E-state index contributed by atoms with van der Waals surface area (Å²) in [6.07, 6.45) is -2.95. The third kappa shape index (κ3) is 4.76. The van der Waals surface area contributed by atoms with Gasteiger partial charge < -0.3 is 14.6 Å². The second-order valence-electron chi connectivity index (χ2n) is 6.42. The van der Waals surface area contributed by atoms with Gasteiger partial charge in [-0.15, -0.1) is 0 Å². The molecule has 9 heteroatoms. The van der Waals surface area contributed by atoms with Gasteiger partial charge in [0.2, 0.25) is 0 Å². The van der Waals surface area contributed by atoms with Gasteiger partial charge in [0.15, 0.2) is 11.4 Å². The van der Waals surface area contributed by atoms with Crippen LogP contribution in [0.5, 0.6) is 17.2 Å². The van der Waals surface area contributed by atoms with E-state index in [0.29, 0.717) is 11.8 Å². The highest BCUT2D eigenvalue weighted by atomic mass is 35.5. The quantitative estimate of drug-likeness (QED) is 0.275. The summed E-state index contributed by atoms with van der Waals surface area (Å²) in [6.45, 7) is 2.12. The Kier molecular flexibility index (Phi) is 6.36. The summed E-state index contributed by atoms with van der Waals surface area (Å²) < 4.78 is 48.7. The van der Waals surface area contributed by atoms with Crippen molar-refractivity contribution < 1.29 is 32.5 Å². The summed E-state index contributed by atoms with van der Waals surface area (Å²) in [5.41, 5.74) is -1.12. The molecule has 3 aromatic rings. The maximum Gasteiger partial charge on any atom is 0.416 e. The fourth-order valence-electron chi connectivity index (χ4n) is 2.67. The van der Waals surface area contributed by atoms with Crippen molar-refractivity contribution in [2.75, 3.05) is 6.61 Å². The molecule has 0 atom stereocenters. The van der Waals surface area contributed by atoms with E-state index in [1.54, 1.807) is 0 Å². The number of nitrogens with zero attached hydrogens (tertiary/aromatic N) is 1. The lowest BCUT2D eigenvalue weighted by Gasteiger charge is -2.12. The van der Waals surface area contributed by atoms with Crippen molar-refractivity contribution >= 4 is 28.3 Å². The lowest BCUT2D eigenvalue weighted by Crippen LogP contribution is -2.09. The van der Waals surface area contributed by atoms with Crippen LogP contribution in [0, 0.1) is 0 Å². The zero-order valence-electron chi connectivity index (χ0n) is 15.8. The standard InChI is InChI=1S/C21H17ClF3NO4/c1-2-3-10-29-20(28)17-18(27)16-11-14(8-9-15(16)19(22)26-17)30-13-6-4-12(5-7-13)21(23,24)25/h4-9,11,27H,2-3,10H2,1H3. The van der Waals surface area contributed by atoms with E-state index in [-0.39, 0.29) is 34.3 Å². The van der Waals surface area contributed by atoms with Gasteiger partial charge in [-0.3, -0.25) is 0 Å². The number of aromatic hydroxyl groups is 1. The SMILES string of the molecule is CCCCOC(=O)c1nc(Cl)c2ccc(Oc3ccc(C(F)(F)F)cc3)cc2c1O. The van der Waals surface area contributed by atoms with Crippen molar-refractivity contribution in [2.45, 2.75) is 25.9 Å². The van der Waals surface area contributed by atoms with Crippen molar-refractivity contribution in [1.82, 2.24) is 4.98 Å². The topological polar surface area (TPSA) is 68.7 Å². The summed E-state index contributed by atoms with van der Waals surface area (Å²) in [5, 5.41) is 11.1. The predicted octanol–water partition coefficient (Wildman–Crippen LogP) is 6.36. The van der Waals surface area contributed by atoms with Crippen LogP contribution in [-0.4, -0.2) is 22.7 Å². The Morgan fingerprint density at radius 2 is 1.77 bits per heavy atom. The maximum absolute atomic E-state index is 12.7. The molecule has 1 N–H and O–H groups in total. The van der Waals surface area contributed by atoms with Crippen LogP contribution >= 0.6 is 11.6 Å². The fourth-order valence-corrected chi connectivity index (χ4v) is 2.92. The molecule has 0 bridgehead atoms. The van der Waals surface area contributed by atoms with E-state index in [9.17, 15) is 23.1 Å². The van der Waals surface area contributed by atoms with Gasteiger partial charge in [-0.05, 0) is 48.9 Å². The number of alkyl halides is 3. The van der Waals surface area contributed by atoms with Gasteiger partial charge in [-0.25, -0.2) is 9.78 Å². The molecule has 0 spiro atoms. The van der Waals surface area contributed by atoms with E-state index in [4.69, 9.17) is 21.1 Å². The molecule has 0 unspecified atom stereocenters. The molecular formula is C21H17ClF3NO4. The van der Waals surface area contributed by atoms with Gasteiger partial charge >= 0.3 is 12.1 Å². The van der Waals surface area contributed by atoms with Crippen LogP contribution in [-0.2, 0) is 10.9 Å². The maximum atomic E-state index is 12.7. The number of pyridine rings is 1. The Balaban J connectivity index is 1.90. The summed E-state index contributed by atoms with van der Waals surface area (Å²) in [4.78, 5) is 16.1. The highest BCUT2D eigenvalue weighted by Gasteiger charge is 2.30. The van der Waals surface area contributed by atoms with Crippen molar-refractivity contribution in [3.05, 3.63) is 58.9 Å². The van der Waals surface area contributed by atoms with Gasteiger partial charge in [0.1, 0.15) is 16.7 Å². The highest BCUT2D eigenvalue weighted by Crippen LogP contribution is 2.36. The minimum atomic E-state index is -4.45. The van der Waals surface area contributed by atoms with E-state index >= 15 is 0 Å². The smallest absolute Gasteiger partial charge is 0.416 e. The van der Waals surface area contributed by atoms with Crippen molar-refractivity contribution in [1.29, 1.82) is 0 Å². The third-order valence-corrected chi connectivity index (χ3v) is 4.53. The number of carbonyl (C=O) groups is 1. The highest BCUT2D eigenvalue weighted by molar-refractivity contribution is 6.34. The number of fused-ring (bicyclic) bond motifs is 1. The summed E-state index contributed by atoms with van der Waals surface area (Å²) in [5.74, 6) is -0.834. The Labute approximate surface area is 175 Å². The molecule has 0 saturated carbocycles. The minimum absolute atomic E-state index is 0.00804. The van der Waals surface area contributed by atoms with Crippen LogP contribution in [0.3, 0.4) is 0 Å². The Morgan fingerprint density at radius 3 is 2.40 bits per heavy atom. The number of hydrogen-bond acceptors (Lipinski definition) is 5. The van der Waals surface area contributed by atoms with E-state index < -0.39 is 23.5 Å². The van der Waals surface area contributed by atoms with Gasteiger partial charge in [0.05, 0.1) is 12.2 Å². The zero-order valence-corrected chi connectivity index (χ0v) is 16.5. The first kappa shape index (κ1) is 21.7. The van der Waals surface area contributed by atoms with Gasteiger partial charge in [0, 0.05) is 10.8 Å². The molecule has 30 heavy (non-hydrogen) atoms. The molecule has 0 aliphatic heterocycles. The van der Waals surface area contributed by atoms with Crippen LogP contribution in [0.2, 0.25) is 5.15 Å². The number of rotatable bonds is 6. The number of unbranched alkanes of at least 4 members (excludes halogenated alkanes) is 1. The number of esters is 1. The largest absolute Gasteiger partial charge is 0.505 e. The molecule has 1 aromatic heterocycles. The number of aromatic nitrogens is 1. The van der Waals surface area contributed by atoms with E-state index in [0.717, 1.165) is 18.6 Å². The fraction of sp³-hybridized carbons (Fsp3) is 0.238. The Hall–Kier alpha value is -3.00. The number of carbonyl (C=O) groups excluding carboxylic acids is 1. The summed E-state index contributed by atoms with van der Waals surface area (Å²) in [7, 11) is 0. The van der Waals surface area contributed by atoms with Crippen LogP contribution < -0.4 is 4.74 Å². The molecule has 0 aliphatic rings. The number of halogens is 4. The van der Waals surface area contributed by atoms with Crippen molar-refractivity contribution in [3.63, 3.8) is 0 Å². The number of benzene rings is 2. The first-order valence-corrected chi connectivity index (χ1v) is 9.43. The first-order valence-electron chi connectivity index (χ1n) is 9.05. The van der Waals surface area contributed by atoms with Gasteiger partial charge in [-0.2, -0.15) is 13.2 Å². The molecule has 0 radical (unpaired) electrons. The normalized spacial score (nSPS) is 11.5. The molecule has 0 fully saturated rings. The second kappa shape index (κ2) is 8.79. The summed E-state index contributed by atoms with van der Waals surface area (Å²) >= 11 is 6.13. The molecule has 5 nitrogen and oxygen atoms in total. The molecular weight excluding hydrogens is 423 g/mol. The van der Waals surface area contributed by atoms with E-state index in [1.165, 1.54) is 30.3 Å². The first-order chi connectivity index (χ1) is 14.2. The molecule has 0 amide bonds. The Morgan fingerprint density at radius 1 is 1.10 bits per heavy atom. The zero-order chi connectivity index (χ0) is 21.9. The van der Waals surface area contributed by atoms with Gasteiger partial charge in [0.25, 0.3) is 0 Å².